The molecule has 24 heavy (non-hydrogen) atoms. The topological polar surface area (TPSA) is 46.6 Å². The molecule has 1 unspecified atom stereocenters. The number of imide groups is 1. The molecule has 0 aliphatic carbocycles. The Balaban J connectivity index is 1.71. The van der Waals surface area contributed by atoms with Crippen LogP contribution >= 0.6 is 15.9 Å². The molecule has 4 nitrogen and oxygen atoms in total. The second-order valence-electron chi connectivity index (χ2n) is 5.51. The molecule has 0 N–H and O–H groups in total. The van der Waals surface area contributed by atoms with E-state index in [-0.39, 0.29) is 18.6 Å². The SMILES string of the molecule is O=C(/C=C/c1ccc(Br)cc1)N1C(=O)OCC1Cc1ccccc1. The molecule has 2 amide bonds. The summed E-state index contributed by atoms with van der Waals surface area (Å²) in [5.74, 6) is -0.360. The Morgan fingerprint density at radius 3 is 2.58 bits per heavy atom. The van der Waals surface area contributed by atoms with Gasteiger partial charge in [-0.15, -0.1) is 0 Å². The van der Waals surface area contributed by atoms with Gasteiger partial charge in [-0.1, -0.05) is 58.4 Å². The number of ether oxygens (including phenoxy) is 1. The second kappa shape index (κ2) is 7.45. The van der Waals surface area contributed by atoms with Gasteiger partial charge < -0.3 is 4.74 Å². The number of benzene rings is 2. The third kappa shape index (κ3) is 3.92. The number of nitrogens with zero attached hydrogens (tertiary/aromatic N) is 1. The predicted molar refractivity (Wildman–Crippen MR) is 95.3 cm³/mol. The molecule has 1 fully saturated rings. The van der Waals surface area contributed by atoms with E-state index in [9.17, 15) is 9.59 Å². The lowest BCUT2D eigenvalue weighted by molar-refractivity contribution is -0.124. The molecule has 1 heterocycles. The molecular formula is C19H16BrNO3. The van der Waals surface area contributed by atoms with Crippen LogP contribution in [0, 0.1) is 0 Å². The molecule has 0 bridgehead atoms. The van der Waals surface area contributed by atoms with E-state index in [0.29, 0.717) is 6.42 Å². The Morgan fingerprint density at radius 2 is 1.88 bits per heavy atom. The zero-order valence-corrected chi connectivity index (χ0v) is 14.5. The Kier molecular flexibility index (Phi) is 5.11. The minimum atomic E-state index is -0.582. The molecule has 1 atom stereocenters. The lowest BCUT2D eigenvalue weighted by atomic mass is 10.1. The fraction of sp³-hybridized carbons (Fsp3) is 0.158. The van der Waals surface area contributed by atoms with E-state index in [1.54, 1.807) is 6.08 Å². The first-order valence-corrected chi connectivity index (χ1v) is 8.40. The van der Waals surface area contributed by atoms with E-state index < -0.39 is 6.09 Å². The summed E-state index contributed by atoms with van der Waals surface area (Å²) in [5.41, 5.74) is 1.95. The Morgan fingerprint density at radius 1 is 1.17 bits per heavy atom. The summed E-state index contributed by atoms with van der Waals surface area (Å²) in [5, 5.41) is 0. The second-order valence-corrected chi connectivity index (χ2v) is 6.43. The summed E-state index contributed by atoms with van der Waals surface area (Å²) in [6.07, 6.45) is 3.11. The number of carbonyl (C=O) groups is 2. The van der Waals surface area contributed by atoms with Crippen LogP contribution in [0.25, 0.3) is 6.08 Å². The number of amides is 2. The molecular weight excluding hydrogens is 370 g/mol. The maximum atomic E-state index is 12.4. The molecule has 2 aromatic rings. The zero-order valence-electron chi connectivity index (χ0n) is 12.9. The van der Waals surface area contributed by atoms with Gasteiger partial charge in [0.15, 0.2) is 0 Å². The molecule has 0 saturated carbocycles. The first-order valence-electron chi connectivity index (χ1n) is 7.61. The highest BCUT2D eigenvalue weighted by molar-refractivity contribution is 9.10. The summed E-state index contributed by atoms with van der Waals surface area (Å²) in [7, 11) is 0. The van der Waals surface area contributed by atoms with E-state index >= 15 is 0 Å². The third-order valence-electron chi connectivity index (χ3n) is 3.80. The molecule has 1 aliphatic heterocycles. The van der Waals surface area contributed by atoms with Crippen LogP contribution in [-0.4, -0.2) is 29.5 Å². The number of hydrogen-bond acceptors (Lipinski definition) is 3. The van der Waals surface area contributed by atoms with Crippen molar-refractivity contribution in [3.05, 3.63) is 76.3 Å². The smallest absolute Gasteiger partial charge is 0.417 e. The van der Waals surface area contributed by atoms with Crippen molar-refractivity contribution < 1.29 is 14.3 Å². The van der Waals surface area contributed by atoms with Crippen LogP contribution in [-0.2, 0) is 16.0 Å². The monoisotopic (exact) mass is 385 g/mol. The van der Waals surface area contributed by atoms with Crippen molar-refractivity contribution in [2.24, 2.45) is 0 Å². The molecule has 0 aromatic heterocycles. The van der Waals surface area contributed by atoms with Gasteiger partial charge in [0.1, 0.15) is 6.61 Å². The van der Waals surface area contributed by atoms with E-state index in [4.69, 9.17) is 4.74 Å². The molecule has 1 saturated heterocycles. The van der Waals surface area contributed by atoms with E-state index in [1.165, 1.54) is 11.0 Å². The van der Waals surface area contributed by atoms with Gasteiger partial charge in [-0.2, -0.15) is 0 Å². The normalized spacial score (nSPS) is 17.3. The molecule has 3 rings (SSSR count). The minimum absolute atomic E-state index is 0.228. The lowest BCUT2D eigenvalue weighted by Crippen LogP contribution is -2.39. The van der Waals surface area contributed by atoms with Gasteiger partial charge in [0.2, 0.25) is 0 Å². The zero-order chi connectivity index (χ0) is 16.9. The van der Waals surface area contributed by atoms with Crippen molar-refractivity contribution in [3.63, 3.8) is 0 Å². The Labute approximate surface area is 148 Å². The third-order valence-corrected chi connectivity index (χ3v) is 4.33. The average Bonchev–Trinajstić information content (AvgIpc) is 2.95. The summed E-state index contributed by atoms with van der Waals surface area (Å²) in [6.45, 7) is 0.228. The Bertz CT molecular complexity index is 756. The van der Waals surface area contributed by atoms with E-state index in [0.717, 1.165) is 15.6 Å². The van der Waals surface area contributed by atoms with Gasteiger partial charge in [-0.25, -0.2) is 9.69 Å². The fourth-order valence-corrected chi connectivity index (χ4v) is 2.85. The first-order chi connectivity index (χ1) is 11.6. The maximum absolute atomic E-state index is 12.4. The highest BCUT2D eigenvalue weighted by atomic mass is 79.9. The largest absolute Gasteiger partial charge is 0.447 e. The van der Waals surface area contributed by atoms with Crippen molar-refractivity contribution >= 4 is 34.0 Å². The molecule has 1 aliphatic rings. The van der Waals surface area contributed by atoms with Crippen LogP contribution in [0.3, 0.4) is 0 Å². The van der Waals surface area contributed by atoms with Gasteiger partial charge in [-0.3, -0.25) is 4.79 Å². The van der Waals surface area contributed by atoms with Crippen molar-refractivity contribution in [1.29, 1.82) is 0 Å². The quantitative estimate of drug-likeness (QED) is 0.745. The summed E-state index contributed by atoms with van der Waals surface area (Å²) in [4.78, 5) is 25.5. The number of carbonyl (C=O) groups excluding carboxylic acids is 2. The highest BCUT2D eigenvalue weighted by Gasteiger charge is 2.36. The van der Waals surface area contributed by atoms with Crippen molar-refractivity contribution in [2.45, 2.75) is 12.5 Å². The molecule has 0 radical (unpaired) electrons. The summed E-state index contributed by atoms with van der Waals surface area (Å²) in [6, 6.07) is 17.0. The summed E-state index contributed by atoms with van der Waals surface area (Å²) < 4.78 is 6.03. The van der Waals surface area contributed by atoms with Gasteiger partial charge in [0, 0.05) is 10.5 Å². The van der Waals surface area contributed by atoms with Crippen molar-refractivity contribution in [3.8, 4) is 0 Å². The van der Waals surface area contributed by atoms with E-state index in [2.05, 4.69) is 15.9 Å². The predicted octanol–water partition coefficient (Wildman–Crippen LogP) is 4.05. The lowest BCUT2D eigenvalue weighted by Gasteiger charge is -2.18. The standard InChI is InChI=1S/C19H16BrNO3/c20-16-9-6-14(7-10-16)8-11-18(22)21-17(13-24-19(21)23)12-15-4-2-1-3-5-15/h1-11,17H,12-13H2/b11-8+. The van der Waals surface area contributed by atoms with Crippen molar-refractivity contribution in [2.75, 3.05) is 6.61 Å². The van der Waals surface area contributed by atoms with E-state index in [1.807, 2.05) is 54.6 Å². The number of halogens is 1. The molecule has 122 valence electrons. The first kappa shape index (κ1) is 16.5. The average molecular weight is 386 g/mol. The minimum Gasteiger partial charge on any atom is -0.447 e. The van der Waals surface area contributed by atoms with Gasteiger partial charge in [0.05, 0.1) is 6.04 Å². The van der Waals surface area contributed by atoms with Crippen LogP contribution in [0.2, 0.25) is 0 Å². The maximum Gasteiger partial charge on any atom is 0.417 e. The molecule has 0 spiro atoms. The summed E-state index contributed by atoms with van der Waals surface area (Å²) >= 11 is 3.37. The van der Waals surface area contributed by atoms with Gasteiger partial charge in [0.25, 0.3) is 5.91 Å². The van der Waals surface area contributed by atoms with Gasteiger partial charge >= 0.3 is 6.09 Å². The van der Waals surface area contributed by atoms with Crippen LogP contribution in [0.4, 0.5) is 4.79 Å². The van der Waals surface area contributed by atoms with Crippen LogP contribution in [0.5, 0.6) is 0 Å². The van der Waals surface area contributed by atoms with Crippen LogP contribution in [0.1, 0.15) is 11.1 Å². The molecule has 2 aromatic carbocycles. The highest BCUT2D eigenvalue weighted by Crippen LogP contribution is 2.18. The Hall–Kier alpha value is -2.40. The fourth-order valence-electron chi connectivity index (χ4n) is 2.59. The van der Waals surface area contributed by atoms with Crippen molar-refractivity contribution in [1.82, 2.24) is 4.90 Å². The van der Waals surface area contributed by atoms with Crippen LogP contribution < -0.4 is 0 Å². The number of cyclic esters (lactones) is 1. The molecule has 5 heteroatoms. The van der Waals surface area contributed by atoms with Crippen LogP contribution in [0.15, 0.2) is 65.1 Å². The number of rotatable bonds is 4. The van der Waals surface area contributed by atoms with Gasteiger partial charge in [-0.05, 0) is 35.8 Å². The number of hydrogen-bond donors (Lipinski definition) is 0.